The fourth-order valence-corrected chi connectivity index (χ4v) is 4.58. The first kappa shape index (κ1) is 24.7. The van der Waals surface area contributed by atoms with E-state index in [1.807, 2.05) is 0 Å². The van der Waals surface area contributed by atoms with Crippen molar-refractivity contribution in [3.63, 3.8) is 0 Å². The summed E-state index contributed by atoms with van der Waals surface area (Å²) in [4.78, 5) is 25.6. The number of thioether (sulfide) groups is 1. The van der Waals surface area contributed by atoms with Crippen molar-refractivity contribution in [3.8, 4) is 11.5 Å². The van der Waals surface area contributed by atoms with Gasteiger partial charge in [-0.3, -0.25) is 15.0 Å². The highest BCUT2D eigenvalue weighted by Crippen LogP contribution is 2.34. The molecule has 1 N–H and O–H groups in total. The maximum atomic E-state index is 14.0. The van der Waals surface area contributed by atoms with Crippen LogP contribution < -0.4 is 14.9 Å². The largest absolute Gasteiger partial charge is 0.493 e. The van der Waals surface area contributed by atoms with E-state index >= 15 is 0 Å². The number of methoxy groups -OCH3 is 1. The summed E-state index contributed by atoms with van der Waals surface area (Å²) in [6, 6.07) is 18.0. The van der Waals surface area contributed by atoms with Gasteiger partial charge < -0.3 is 9.47 Å². The number of halogens is 2. The molecule has 1 aliphatic heterocycles. The van der Waals surface area contributed by atoms with Gasteiger partial charge in [-0.2, -0.15) is 5.01 Å². The summed E-state index contributed by atoms with van der Waals surface area (Å²) < 4.78 is 25.4. The van der Waals surface area contributed by atoms with Gasteiger partial charge >= 0.3 is 0 Å². The van der Waals surface area contributed by atoms with Crippen molar-refractivity contribution in [2.45, 2.75) is 6.61 Å². The molecule has 0 aliphatic carbocycles. The van der Waals surface area contributed by atoms with Crippen molar-refractivity contribution >= 4 is 57.8 Å². The Labute approximate surface area is 215 Å². The molecule has 0 saturated carbocycles. The topological polar surface area (TPSA) is 67.9 Å². The number of thiocarbonyl (C=S) groups is 1. The van der Waals surface area contributed by atoms with E-state index in [9.17, 15) is 14.0 Å². The molecule has 0 spiro atoms. The molecule has 0 bridgehead atoms. The average Bonchev–Trinajstić information content (AvgIpc) is 3.12. The van der Waals surface area contributed by atoms with Crippen molar-refractivity contribution in [3.05, 3.63) is 99.2 Å². The Hall–Kier alpha value is -3.40. The second kappa shape index (κ2) is 10.9. The number of hydrazine groups is 1. The summed E-state index contributed by atoms with van der Waals surface area (Å²) in [5.74, 6) is -0.584. The van der Waals surface area contributed by atoms with Crippen molar-refractivity contribution in [2.75, 3.05) is 7.11 Å². The van der Waals surface area contributed by atoms with Gasteiger partial charge in [0.2, 0.25) is 0 Å². The first-order valence-electron chi connectivity index (χ1n) is 10.2. The van der Waals surface area contributed by atoms with Crippen LogP contribution >= 0.6 is 35.6 Å². The lowest BCUT2D eigenvalue weighted by atomic mass is 10.1. The fraction of sp³-hybridized carbons (Fsp3) is 0.0800. The number of nitrogens with zero attached hydrogens (tertiary/aromatic N) is 1. The summed E-state index contributed by atoms with van der Waals surface area (Å²) in [6.07, 6.45) is 1.63. The number of ether oxygens (including phenoxy) is 2. The van der Waals surface area contributed by atoms with E-state index in [0.29, 0.717) is 27.5 Å². The predicted octanol–water partition coefficient (Wildman–Crippen LogP) is 5.61. The summed E-state index contributed by atoms with van der Waals surface area (Å²) in [6.45, 7) is -0.0824. The summed E-state index contributed by atoms with van der Waals surface area (Å²) >= 11 is 12.4. The van der Waals surface area contributed by atoms with E-state index in [4.69, 9.17) is 33.3 Å². The number of hydrogen-bond donors (Lipinski definition) is 1. The van der Waals surface area contributed by atoms with Gasteiger partial charge in [-0.05, 0) is 60.3 Å². The molecule has 10 heteroatoms. The van der Waals surface area contributed by atoms with Gasteiger partial charge in [0.25, 0.3) is 11.8 Å². The first-order valence-corrected chi connectivity index (χ1v) is 11.9. The van der Waals surface area contributed by atoms with Gasteiger partial charge in [-0.1, -0.05) is 53.7 Å². The van der Waals surface area contributed by atoms with Gasteiger partial charge in [0.15, 0.2) is 15.8 Å². The van der Waals surface area contributed by atoms with Crippen LogP contribution in [0.5, 0.6) is 11.5 Å². The number of rotatable bonds is 7. The lowest BCUT2D eigenvalue weighted by molar-refractivity contribution is -0.123. The Morgan fingerprint density at radius 1 is 1.14 bits per heavy atom. The maximum absolute atomic E-state index is 14.0. The van der Waals surface area contributed by atoms with E-state index in [1.54, 1.807) is 60.7 Å². The molecule has 4 rings (SSSR count). The molecule has 1 aliphatic rings. The highest BCUT2D eigenvalue weighted by atomic mass is 35.5. The number of hydrogen-bond acceptors (Lipinski definition) is 6. The lowest BCUT2D eigenvalue weighted by Crippen LogP contribution is -2.44. The molecule has 0 radical (unpaired) electrons. The third-order valence-corrected chi connectivity index (χ3v) is 6.62. The van der Waals surface area contributed by atoms with Crippen LogP contribution in [0.15, 0.2) is 71.6 Å². The predicted molar refractivity (Wildman–Crippen MR) is 138 cm³/mol. The fourth-order valence-electron chi connectivity index (χ4n) is 3.18. The van der Waals surface area contributed by atoms with Crippen molar-refractivity contribution in [1.29, 1.82) is 0 Å². The minimum Gasteiger partial charge on any atom is -0.493 e. The van der Waals surface area contributed by atoms with Gasteiger partial charge in [-0.15, -0.1) is 0 Å². The molecule has 178 valence electrons. The van der Waals surface area contributed by atoms with E-state index in [1.165, 1.54) is 19.2 Å². The van der Waals surface area contributed by atoms with E-state index in [0.717, 1.165) is 16.8 Å². The summed E-state index contributed by atoms with van der Waals surface area (Å²) in [5.41, 5.74) is 3.83. The maximum Gasteiger partial charge on any atom is 0.285 e. The monoisotopic (exact) mass is 528 g/mol. The molecule has 35 heavy (non-hydrogen) atoms. The second-order valence-electron chi connectivity index (χ2n) is 7.22. The molecule has 2 amide bonds. The number of amides is 2. The van der Waals surface area contributed by atoms with E-state index < -0.39 is 17.6 Å². The Bertz CT molecular complexity index is 1310. The Morgan fingerprint density at radius 3 is 2.63 bits per heavy atom. The zero-order valence-electron chi connectivity index (χ0n) is 18.3. The molecular formula is C25H18ClFN2O4S2. The average molecular weight is 529 g/mol. The van der Waals surface area contributed by atoms with Crippen LogP contribution in [0.25, 0.3) is 6.08 Å². The lowest BCUT2D eigenvalue weighted by Gasteiger charge is -2.15. The molecule has 1 fully saturated rings. The molecule has 3 aromatic rings. The Kier molecular flexibility index (Phi) is 7.70. The molecule has 3 aromatic carbocycles. The van der Waals surface area contributed by atoms with Gasteiger partial charge in [-0.25, -0.2) is 4.39 Å². The minimum atomic E-state index is -0.463. The Morgan fingerprint density at radius 2 is 1.91 bits per heavy atom. The highest BCUT2D eigenvalue weighted by Gasteiger charge is 2.33. The smallest absolute Gasteiger partial charge is 0.285 e. The molecule has 1 heterocycles. The van der Waals surface area contributed by atoms with Crippen LogP contribution in [-0.2, 0) is 11.4 Å². The third-order valence-electron chi connectivity index (χ3n) is 4.96. The Balaban J connectivity index is 1.48. The van der Waals surface area contributed by atoms with E-state index in [-0.39, 0.29) is 21.5 Å². The van der Waals surface area contributed by atoms with Crippen LogP contribution in [0.2, 0.25) is 5.02 Å². The van der Waals surface area contributed by atoms with Crippen LogP contribution in [0.1, 0.15) is 21.5 Å². The zero-order valence-corrected chi connectivity index (χ0v) is 20.7. The minimum absolute atomic E-state index is 0.0824. The van der Waals surface area contributed by atoms with Gasteiger partial charge in [0, 0.05) is 11.1 Å². The van der Waals surface area contributed by atoms with Crippen molar-refractivity contribution in [2.24, 2.45) is 0 Å². The molecular weight excluding hydrogens is 511 g/mol. The van der Waals surface area contributed by atoms with Crippen LogP contribution in [0.4, 0.5) is 4.39 Å². The number of nitrogens with one attached hydrogen (secondary N) is 1. The molecule has 6 nitrogen and oxygen atoms in total. The number of carbonyl (C=O) groups is 2. The van der Waals surface area contributed by atoms with Gasteiger partial charge in [0.05, 0.1) is 17.0 Å². The summed E-state index contributed by atoms with van der Waals surface area (Å²) in [5, 5.41) is 1.32. The van der Waals surface area contributed by atoms with Crippen LogP contribution in [0.3, 0.4) is 0 Å². The SMILES string of the molecule is COc1cc(/C=C2/SC(=S)N(NC(=O)c3ccccc3)C2=O)ccc1OCc1c(F)cccc1Cl. The molecule has 0 aromatic heterocycles. The molecule has 0 unspecified atom stereocenters. The quantitative estimate of drug-likeness (QED) is 0.317. The molecule has 1 saturated heterocycles. The zero-order chi connectivity index (χ0) is 24.9. The van der Waals surface area contributed by atoms with Crippen molar-refractivity contribution in [1.82, 2.24) is 10.4 Å². The van der Waals surface area contributed by atoms with Crippen molar-refractivity contribution < 1.29 is 23.5 Å². The normalized spacial score (nSPS) is 14.4. The molecule has 0 atom stereocenters. The van der Waals surface area contributed by atoms with Crippen LogP contribution in [0, 0.1) is 5.82 Å². The third kappa shape index (κ3) is 5.64. The second-order valence-corrected chi connectivity index (χ2v) is 9.31. The highest BCUT2D eigenvalue weighted by molar-refractivity contribution is 8.26. The number of carbonyl (C=O) groups excluding carboxylic acids is 2. The number of benzene rings is 3. The van der Waals surface area contributed by atoms with Gasteiger partial charge in [0.1, 0.15) is 12.4 Å². The standard InChI is InChI=1S/C25H18ClFN2O4S2/c1-32-21-12-15(10-11-20(21)33-14-17-18(26)8-5-9-19(17)27)13-22-24(31)29(25(34)35-22)28-23(30)16-6-3-2-4-7-16/h2-13H,14H2,1H3,(H,28,30)/b22-13+. The first-order chi connectivity index (χ1) is 16.9. The summed E-state index contributed by atoms with van der Waals surface area (Å²) in [7, 11) is 1.47. The van der Waals surface area contributed by atoms with Crippen LogP contribution in [-0.4, -0.2) is 28.3 Å². The van der Waals surface area contributed by atoms with E-state index in [2.05, 4.69) is 5.43 Å².